The van der Waals surface area contributed by atoms with Gasteiger partial charge in [0.15, 0.2) is 0 Å². The number of nitro benzene ring substituents is 1. The van der Waals surface area contributed by atoms with Gasteiger partial charge in [0, 0.05) is 37.3 Å². The second kappa shape index (κ2) is 6.95. The third-order valence-corrected chi connectivity index (χ3v) is 4.11. The third-order valence-electron chi connectivity index (χ3n) is 4.11. The molecule has 1 atom stereocenters. The van der Waals surface area contributed by atoms with Gasteiger partial charge in [-0.25, -0.2) is 4.39 Å². The Morgan fingerprint density at radius 3 is 2.86 bits per heavy atom. The molecule has 0 spiro atoms. The molecular formula is C15H22FN3O2. The van der Waals surface area contributed by atoms with Crippen LogP contribution < -0.4 is 0 Å². The Morgan fingerprint density at radius 1 is 1.43 bits per heavy atom. The minimum Gasteiger partial charge on any atom is -0.305 e. The molecule has 21 heavy (non-hydrogen) atoms. The van der Waals surface area contributed by atoms with Crippen molar-refractivity contribution in [2.75, 3.05) is 26.7 Å². The lowest BCUT2D eigenvalue weighted by Crippen LogP contribution is -2.39. The minimum absolute atomic E-state index is 0.00357. The largest absolute Gasteiger partial charge is 0.305 e. The highest BCUT2D eigenvalue weighted by Gasteiger charge is 2.25. The van der Waals surface area contributed by atoms with Crippen LogP contribution in [0.15, 0.2) is 18.2 Å². The number of nitro groups is 1. The molecule has 1 fully saturated rings. The lowest BCUT2D eigenvalue weighted by atomic mass is 10.1. The highest BCUT2D eigenvalue weighted by Crippen LogP contribution is 2.23. The molecule has 5 nitrogen and oxygen atoms in total. The zero-order chi connectivity index (χ0) is 15.4. The lowest BCUT2D eigenvalue weighted by Gasteiger charge is -2.30. The van der Waals surface area contributed by atoms with E-state index >= 15 is 0 Å². The summed E-state index contributed by atoms with van der Waals surface area (Å²) >= 11 is 0. The molecule has 0 saturated carbocycles. The molecule has 0 amide bonds. The zero-order valence-electron chi connectivity index (χ0n) is 12.6. The number of halogens is 1. The monoisotopic (exact) mass is 295 g/mol. The summed E-state index contributed by atoms with van der Waals surface area (Å²) < 4.78 is 13.4. The molecule has 0 aliphatic carbocycles. The molecule has 1 aliphatic rings. The van der Waals surface area contributed by atoms with Gasteiger partial charge in [-0.3, -0.25) is 15.0 Å². The van der Waals surface area contributed by atoms with E-state index in [0.29, 0.717) is 18.2 Å². The number of nitrogens with zero attached hydrogens (tertiary/aromatic N) is 3. The molecule has 0 aromatic heterocycles. The van der Waals surface area contributed by atoms with E-state index in [0.717, 1.165) is 38.5 Å². The van der Waals surface area contributed by atoms with Crippen LogP contribution in [0.5, 0.6) is 0 Å². The Balaban J connectivity index is 2.23. The molecule has 1 saturated heterocycles. The summed E-state index contributed by atoms with van der Waals surface area (Å²) in [6.45, 7) is 5.41. The first kappa shape index (κ1) is 15.9. The molecule has 1 unspecified atom stereocenters. The maximum absolute atomic E-state index is 13.4. The van der Waals surface area contributed by atoms with Gasteiger partial charge in [-0.15, -0.1) is 0 Å². The molecule has 0 bridgehead atoms. The fraction of sp³-hybridized carbons (Fsp3) is 0.600. The smallest absolute Gasteiger partial charge is 0.274 e. The van der Waals surface area contributed by atoms with Gasteiger partial charge in [0.25, 0.3) is 5.69 Å². The molecular weight excluding hydrogens is 273 g/mol. The molecule has 1 aromatic carbocycles. The molecule has 2 rings (SSSR count). The van der Waals surface area contributed by atoms with E-state index in [4.69, 9.17) is 0 Å². The first-order valence-corrected chi connectivity index (χ1v) is 7.36. The fourth-order valence-electron chi connectivity index (χ4n) is 2.97. The SMILES string of the molecule is CCC1CN(C)CCCN1Cc1cc(F)ccc1[N+](=O)[O-]. The van der Waals surface area contributed by atoms with Crippen molar-refractivity contribution in [3.8, 4) is 0 Å². The average Bonchev–Trinajstić information content (AvgIpc) is 2.60. The lowest BCUT2D eigenvalue weighted by molar-refractivity contribution is -0.385. The maximum atomic E-state index is 13.4. The number of hydrogen-bond donors (Lipinski definition) is 0. The quantitative estimate of drug-likeness (QED) is 0.633. The van der Waals surface area contributed by atoms with Gasteiger partial charge >= 0.3 is 0 Å². The number of rotatable bonds is 4. The topological polar surface area (TPSA) is 49.6 Å². The van der Waals surface area contributed by atoms with E-state index < -0.39 is 10.7 Å². The highest BCUT2D eigenvalue weighted by molar-refractivity contribution is 5.40. The zero-order valence-corrected chi connectivity index (χ0v) is 12.6. The fourth-order valence-corrected chi connectivity index (χ4v) is 2.97. The van der Waals surface area contributed by atoms with Gasteiger partial charge in [-0.05, 0) is 38.6 Å². The average molecular weight is 295 g/mol. The summed E-state index contributed by atoms with van der Waals surface area (Å²) in [6, 6.07) is 4.05. The van der Waals surface area contributed by atoms with Crippen molar-refractivity contribution in [2.24, 2.45) is 0 Å². The molecule has 1 aliphatic heterocycles. The Kier molecular flexibility index (Phi) is 5.25. The highest BCUT2D eigenvalue weighted by atomic mass is 19.1. The Bertz CT molecular complexity index is 510. The van der Waals surface area contributed by atoms with Gasteiger partial charge < -0.3 is 4.90 Å². The van der Waals surface area contributed by atoms with E-state index in [1.807, 2.05) is 0 Å². The summed E-state index contributed by atoms with van der Waals surface area (Å²) in [7, 11) is 2.09. The van der Waals surface area contributed by atoms with Gasteiger partial charge in [0.05, 0.1) is 4.92 Å². The van der Waals surface area contributed by atoms with Crippen LogP contribution in [-0.2, 0) is 6.54 Å². The second-order valence-corrected chi connectivity index (χ2v) is 5.68. The number of hydrogen-bond acceptors (Lipinski definition) is 4. The van der Waals surface area contributed by atoms with Gasteiger partial charge in [0.2, 0.25) is 0 Å². The van der Waals surface area contributed by atoms with Crippen LogP contribution >= 0.6 is 0 Å². The number of likely N-dealkylation sites (N-methyl/N-ethyl adjacent to an activating group) is 1. The van der Waals surface area contributed by atoms with Crippen LogP contribution in [0.1, 0.15) is 25.3 Å². The standard InChI is InChI=1S/C15H22FN3O2/c1-3-14-11-17(2)7-4-8-18(14)10-12-9-13(16)5-6-15(12)19(20)21/h5-6,9,14H,3-4,7-8,10-11H2,1-2H3. The van der Waals surface area contributed by atoms with Crippen LogP contribution in [-0.4, -0.2) is 47.4 Å². The second-order valence-electron chi connectivity index (χ2n) is 5.68. The van der Waals surface area contributed by atoms with Crippen molar-refractivity contribution in [1.29, 1.82) is 0 Å². The Morgan fingerprint density at radius 2 is 2.19 bits per heavy atom. The van der Waals surface area contributed by atoms with Crippen molar-refractivity contribution in [3.63, 3.8) is 0 Å². The number of benzene rings is 1. The van der Waals surface area contributed by atoms with Gasteiger partial charge in [-0.2, -0.15) is 0 Å². The van der Waals surface area contributed by atoms with Crippen LogP contribution in [0.25, 0.3) is 0 Å². The van der Waals surface area contributed by atoms with Crippen LogP contribution in [0, 0.1) is 15.9 Å². The molecule has 1 heterocycles. The normalized spacial score (nSPS) is 21.2. The van der Waals surface area contributed by atoms with Crippen molar-refractivity contribution >= 4 is 5.69 Å². The van der Waals surface area contributed by atoms with Crippen LogP contribution in [0.4, 0.5) is 10.1 Å². The summed E-state index contributed by atoms with van der Waals surface area (Å²) in [5, 5.41) is 11.1. The summed E-state index contributed by atoms with van der Waals surface area (Å²) in [4.78, 5) is 15.2. The van der Waals surface area contributed by atoms with Crippen LogP contribution in [0.2, 0.25) is 0 Å². The van der Waals surface area contributed by atoms with E-state index in [-0.39, 0.29) is 5.69 Å². The van der Waals surface area contributed by atoms with Crippen molar-refractivity contribution in [1.82, 2.24) is 9.80 Å². The van der Waals surface area contributed by atoms with E-state index in [2.05, 4.69) is 23.8 Å². The Hall–Kier alpha value is -1.53. The Labute approximate surface area is 124 Å². The molecule has 1 aromatic rings. The first-order chi connectivity index (χ1) is 10.0. The molecule has 0 N–H and O–H groups in total. The predicted molar refractivity (Wildman–Crippen MR) is 79.7 cm³/mol. The summed E-state index contributed by atoms with van der Waals surface area (Å²) in [6.07, 6.45) is 2.00. The predicted octanol–water partition coefficient (Wildman–Crippen LogP) is 2.65. The van der Waals surface area contributed by atoms with E-state index in [1.54, 1.807) is 0 Å². The minimum atomic E-state index is -0.431. The molecule has 6 heteroatoms. The van der Waals surface area contributed by atoms with Crippen LogP contribution in [0.3, 0.4) is 0 Å². The van der Waals surface area contributed by atoms with E-state index in [1.165, 1.54) is 12.1 Å². The molecule has 116 valence electrons. The van der Waals surface area contributed by atoms with Gasteiger partial charge in [-0.1, -0.05) is 6.92 Å². The summed E-state index contributed by atoms with van der Waals surface area (Å²) in [5.74, 6) is -0.421. The summed E-state index contributed by atoms with van der Waals surface area (Å²) in [5.41, 5.74) is 0.465. The third kappa shape index (κ3) is 3.98. The van der Waals surface area contributed by atoms with Crippen molar-refractivity contribution in [2.45, 2.75) is 32.4 Å². The van der Waals surface area contributed by atoms with Gasteiger partial charge in [0.1, 0.15) is 5.82 Å². The van der Waals surface area contributed by atoms with Crippen molar-refractivity contribution in [3.05, 3.63) is 39.7 Å². The maximum Gasteiger partial charge on any atom is 0.274 e. The molecule has 0 radical (unpaired) electrons. The van der Waals surface area contributed by atoms with E-state index in [9.17, 15) is 14.5 Å². The van der Waals surface area contributed by atoms with Crippen molar-refractivity contribution < 1.29 is 9.31 Å². The first-order valence-electron chi connectivity index (χ1n) is 7.36.